The second-order valence-corrected chi connectivity index (χ2v) is 9.29. The van der Waals surface area contributed by atoms with E-state index in [4.69, 9.17) is 10.8 Å². The maximum Gasteiger partial charge on any atom is 0.251 e. The first-order valence-corrected chi connectivity index (χ1v) is 11.5. The predicted molar refractivity (Wildman–Crippen MR) is 119 cm³/mol. The van der Waals surface area contributed by atoms with E-state index in [-0.39, 0.29) is 23.9 Å². The van der Waals surface area contributed by atoms with Crippen molar-refractivity contribution in [1.82, 2.24) is 15.0 Å². The molecule has 9 heteroatoms. The van der Waals surface area contributed by atoms with E-state index in [0.29, 0.717) is 17.1 Å². The molecule has 0 unspecified atom stereocenters. The first-order valence-electron chi connectivity index (χ1n) is 9.22. The van der Waals surface area contributed by atoms with Gasteiger partial charge in [-0.3, -0.25) is 4.79 Å². The van der Waals surface area contributed by atoms with Crippen LogP contribution in [0.4, 0.5) is 0 Å². The number of carbonyl (C=O) groups is 1. The Morgan fingerprint density at radius 2 is 1.87 bits per heavy atom. The van der Waals surface area contributed by atoms with Gasteiger partial charge in [0.1, 0.15) is 5.76 Å². The minimum Gasteiger partial charge on any atom is -0.457 e. The van der Waals surface area contributed by atoms with E-state index < -0.39 is 10.0 Å². The van der Waals surface area contributed by atoms with Crippen LogP contribution >= 0.6 is 11.3 Å². The molecule has 0 aliphatic heterocycles. The molecule has 0 spiro atoms. The van der Waals surface area contributed by atoms with E-state index in [9.17, 15) is 13.2 Å². The fraction of sp³-hybridized carbons (Fsp3) is 0.0909. The molecule has 1 amide bonds. The zero-order chi connectivity index (χ0) is 21.8. The van der Waals surface area contributed by atoms with Crippen LogP contribution in [-0.2, 0) is 16.6 Å². The molecule has 0 bridgehead atoms. The van der Waals surface area contributed by atoms with Gasteiger partial charge >= 0.3 is 0 Å². The molecule has 4 aromatic rings. The molecule has 156 valence electrons. The molecule has 4 rings (SSSR count). The number of hydrogen-bond acceptors (Lipinski definition) is 6. The summed E-state index contributed by atoms with van der Waals surface area (Å²) in [6.45, 7) is 0.0836. The summed E-state index contributed by atoms with van der Waals surface area (Å²) in [6, 6.07) is 17.0. The zero-order valence-corrected chi connectivity index (χ0v) is 17.8. The van der Waals surface area contributed by atoms with Crippen molar-refractivity contribution < 1.29 is 17.6 Å². The van der Waals surface area contributed by atoms with Crippen molar-refractivity contribution in [2.75, 3.05) is 6.54 Å². The van der Waals surface area contributed by atoms with Crippen LogP contribution in [0.25, 0.3) is 21.0 Å². The summed E-state index contributed by atoms with van der Waals surface area (Å²) in [5.41, 5.74) is 1.24. The van der Waals surface area contributed by atoms with E-state index in [2.05, 4.69) is 20.9 Å². The third-order valence-electron chi connectivity index (χ3n) is 4.38. The van der Waals surface area contributed by atoms with Crippen LogP contribution in [0, 0.1) is 12.3 Å². The van der Waals surface area contributed by atoms with Gasteiger partial charge in [-0.2, -0.15) is 4.72 Å². The highest BCUT2D eigenvalue weighted by atomic mass is 32.2. The third kappa shape index (κ3) is 4.67. The van der Waals surface area contributed by atoms with Crippen molar-refractivity contribution in [2.45, 2.75) is 11.4 Å². The van der Waals surface area contributed by atoms with Gasteiger partial charge in [-0.1, -0.05) is 18.1 Å². The molecule has 2 aromatic heterocycles. The average molecular weight is 452 g/mol. The molecular formula is C22H17N3O4S2. The lowest BCUT2D eigenvalue weighted by atomic mass is 10.2. The molecule has 7 nitrogen and oxygen atoms in total. The van der Waals surface area contributed by atoms with Crippen molar-refractivity contribution >= 4 is 37.5 Å². The number of fused-ring (bicyclic) bond motifs is 1. The Morgan fingerprint density at radius 1 is 1.10 bits per heavy atom. The highest BCUT2D eigenvalue weighted by Gasteiger charge is 2.15. The first kappa shape index (κ1) is 20.8. The smallest absolute Gasteiger partial charge is 0.251 e. The monoisotopic (exact) mass is 451 g/mol. The minimum atomic E-state index is -3.70. The molecule has 0 atom stereocenters. The van der Waals surface area contributed by atoms with E-state index in [1.807, 2.05) is 30.3 Å². The fourth-order valence-corrected chi connectivity index (χ4v) is 4.70. The number of rotatable bonds is 7. The van der Waals surface area contributed by atoms with Gasteiger partial charge in [0.15, 0.2) is 10.8 Å². The summed E-state index contributed by atoms with van der Waals surface area (Å²) in [7, 11) is -3.70. The Balaban J connectivity index is 1.39. The molecule has 31 heavy (non-hydrogen) atoms. The number of sulfonamides is 1. The van der Waals surface area contributed by atoms with Crippen molar-refractivity contribution in [3.05, 3.63) is 72.0 Å². The zero-order valence-electron chi connectivity index (χ0n) is 16.2. The number of furan rings is 1. The summed E-state index contributed by atoms with van der Waals surface area (Å²) in [5, 5.41) is 3.53. The van der Waals surface area contributed by atoms with Crippen molar-refractivity contribution in [3.8, 4) is 23.1 Å². The van der Waals surface area contributed by atoms with Gasteiger partial charge in [0, 0.05) is 5.56 Å². The average Bonchev–Trinajstić information content (AvgIpc) is 3.43. The van der Waals surface area contributed by atoms with Crippen molar-refractivity contribution in [1.29, 1.82) is 0 Å². The number of terminal acetylenes is 1. The van der Waals surface area contributed by atoms with Crippen LogP contribution in [-0.4, -0.2) is 25.9 Å². The second-order valence-electron chi connectivity index (χ2n) is 6.49. The van der Waals surface area contributed by atoms with Gasteiger partial charge in [0.2, 0.25) is 10.0 Å². The third-order valence-corrected chi connectivity index (χ3v) is 6.85. The van der Waals surface area contributed by atoms with E-state index >= 15 is 0 Å². The number of hydrogen-bond donors (Lipinski definition) is 2. The second kappa shape index (κ2) is 8.73. The highest BCUT2D eigenvalue weighted by molar-refractivity contribution is 7.89. The van der Waals surface area contributed by atoms with Crippen LogP contribution in [0.5, 0.6) is 0 Å². The molecule has 2 aromatic carbocycles. The van der Waals surface area contributed by atoms with Gasteiger partial charge in [-0.15, -0.1) is 17.8 Å². The van der Waals surface area contributed by atoms with Crippen LogP contribution < -0.4 is 10.0 Å². The Kier molecular flexibility index (Phi) is 5.86. The lowest BCUT2D eigenvalue weighted by molar-refractivity contribution is 0.0948. The summed E-state index contributed by atoms with van der Waals surface area (Å²) in [6.07, 6.45) is 5.07. The number of aromatic nitrogens is 1. The van der Waals surface area contributed by atoms with E-state index in [1.54, 1.807) is 6.07 Å². The van der Waals surface area contributed by atoms with Crippen LogP contribution in [0.2, 0.25) is 0 Å². The molecule has 0 saturated heterocycles. The van der Waals surface area contributed by atoms with Gasteiger partial charge < -0.3 is 9.73 Å². The standard InChI is InChI=1S/C22H17N3O4S2/c1-2-13-24-31(27,28)17-10-7-15(8-11-17)21(26)23-14-16-9-12-19(29-16)22-25-18-5-3-4-6-20(18)30-22/h1,3-12,24H,13-14H2,(H,23,26). The molecule has 0 saturated carbocycles. The van der Waals surface area contributed by atoms with Crippen molar-refractivity contribution in [2.24, 2.45) is 0 Å². The lowest BCUT2D eigenvalue weighted by Crippen LogP contribution is -2.25. The molecule has 0 aliphatic rings. The molecule has 2 N–H and O–H groups in total. The molecule has 2 heterocycles. The van der Waals surface area contributed by atoms with Crippen LogP contribution in [0.1, 0.15) is 16.1 Å². The lowest BCUT2D eigenvalue weighted by Gasteiger charge is -2.06. The number of nitrogens with zero attached hydrogens (tertiary/aromatic N) is 1. The maximum absolute atomic E-state index is 12.4. The SMILES string of the molecule is C#CCNS(=O)(=O)c1ccc(C(=O)NCc2ccc(-c3nc4ccccc4s3)o2)cc1. The van der Waals surface area contributed by atoms with Crippen LogP contribution in [0.15, 0.2) is 70.0 Å². The Hall–Kier alpha value is -3.45. The van der Waals surface area contributed by atoms with Gasteiger partial charge in [-0.25, -0.2) is 13.4 Å². The Bertz CT molecular complexity index is 1350. The van der Waals surface area contributed by atoms with Crippen LogP contribution in [0.3, 0.4) is 0 Å². The highest BCUT2D eigenvalue weighted by Crippen LogP contribution is 2.31. The van der Waals surface area contributed by atoms with Gasteiger partial charge in [0.05, 0.1) is 28.2 Å². The number of para-hydroxylation sites is 1. The summed E-state index contributed by atoms with van der Waals surface area (Å²) in [4.78, 5) is 17.0. The molecular weight excluding hydrogens is 434 g/mol. The predicted octanol–water partition coefficient (Wildman–Crippen LogP) is 3.40. The largest absolute Gasteiger partial charge is 0.457 e. The number of benzene rings is 2. The summed E-state index contributed by atoms with van der Waals surface area (Å²) >= 11 is 1.54. The number of nitrogens with one attached hydrogen (secondary N) is 2. The summed E-state index contributed by atoms with van der Waals surface area (Å²) < 4.78 is 33.2. The van der Waals surface area contributed by atoms with E-state index in [1.165, 1.54) is 35.6 Å². The number of thiazole rings is 1. The number of amides is 1. The summed E-state index contributed by atoms with van der Waals surface area (Å²) in [5.74, 6) is 3.08. The maximum atomic E-state index is 12.4. The van der Waals surface area contributed by atoms with Gasteiger partial charge in [-0.05, 0) is 48.5 Å². The normalized spacial score (nSPS) is 11.3. The topological polar surface area (TPSA) is 101 Å². The molecule has 0 fully saturated rings. The fourth-order valence-electron chi connectivity index (χ4n) is 2.84. The van der Waals surface area contributed by atoms with Gasteiger partial charge in [0.25, 0.3) is 5.91 Å². The quantitative estimate of drug-likeness (QED) is 0.420. The van der Waals surface area contributed by atoms with E-state index in [0.717, 1.165) is 15.2 Å². The Labute approximate surface area is 183 Å². The van der Waals surface area contributed by atoms with Crippen molar-refractivity contribution in [3.63, 3.8) is 0 Å². The molecule has 0 radical (unpaired) electrons. The number of carbonyl (C=O) groups excluding carboxylic acids is 1. The first-order chi connectivity index (χ1) is 15.0. The Morgan fingerprint density at radius 3 is 2.61 bits per heavy atom. The minimum absolute atomic E-state index is 0.0332. The molecule has 0 aliphatic carbocycles.